The Morgan fingerprint density at radius 1 is 0.903 bits per heavy atom. The van der Waals surface area contributed by atoms with E-state index in [0.29, 0.717) is 5.02 Å². The Labute approximate surface area is 186 Å². The Morgan fingerprint density at radius 3 is 2.32 bits per heavy atom. The highest BCUT2D eigenvalue weighted by Gasteiger charge is 2.14. The highest BCUT2D eigenvalue weighted by atomic mass is 35.5. The second-order valence-electron chi connectivity index (χ2n) is 7.28. The van der Waals surface area contributed by atoms with E-state index in [2.05, 4.69) is 11.1 Å². The first kappa shape index (κ1) is 19.8. The van der Waals surface area contributed by atoms with Crippen molar-refractivity contribution in [3.05, 3.63) is 100 Å². The highest BCUT2D eigenvalue weighted by Crippen LogP contribution is 2.30. The number of nitrogens with zero attached hydrogens (tertiary/aromatic N) is 2. The zero-order valence-corrected chi connectivity index (χ0v) is 18.2. The molecule has 5 aromatic rings. The van der Waals surface area contributed by atoms with Gasteiger partial charge in [-0.15, -0.1) is 0 Å². The van der Waals surface area contributed by atoms with Gasteiger partial charge >= 0.3 is 0 Å². The standard InChI is InChI=1S/C25H18ClN2O2S/c1-31(30)21-10-8-20(9-11-21)28-24(29)13-5-18-15-27-23-12-4-17(14-22(23)25(18)28)16-2-6-19(26)7-3-16/h2-15,30H,1H3/q+1. The summed E-state index contributed by atoms with van der Waals surface area (Å²) in [6.45, 7) is 0. The molecule has 1 unspecified atom stereocenters. The van der Waals surface area contributed by atoms with Gasteiger partial charge in [-0.1, -0.05) is 29.8 Å². The van der Waals surface area contributed by atoms with E-state index in [1.165, 1.54) is 0 Å². The van der Waals surface area contributed by atoms with Crippen LogP contribution in [0.15, 0.2) is 94.7 Å². The third-order valence-electron chi connectivity index (χ3n) is 5.33. The lowest BCUT2D eigenvalue weighted by Crippen LogP contribution is -2.17. The van der Waals surface area contributed by atoms with Crippen LogP contribution in [0.25, 0.3) is 38.6 Å². The normalized spacial score (nSPS) is 12.4. The summed E-state index contributed by atoms with van der Waals surface area (Å²) in [5.74, 6) is 0. The van der Waals surface area contributed by atoms with Gasteiger partial charge in [-0.05, 0) is 65.7 Å². The smallest absolute Gasteiger partial charge is 0.255 e. The van der Waals surface area contributed by atoms with Crippen LogP contribution in [0.5, 0.6) is 0 Å². The first-order chi connectivity index (χ1) is 15.0. The van der Waals surface area contributed by atoms with Crippen molar-refractivity contribution in [1.82, 2.24) is 9.55 Å². The van der Waals surface area contributed by atoms with Gasteiger partial charge in [0.05, 0.1) is 11.0 Å². The van der Waals surface area contributed by atoms with Gasteiger partial charge in [0.2, 0.25) is 0 Å². The van der Waals surface area contributed by atoms with Crippen LogP contribution in [-0.4, -0.2) is 20.4 Å². The molecule has 0 saturated heterocycles. The van der Waals surface area contributed by atoms with Crippen LogP contribution in [0.4, 0.5) is 0 Å². The van der Waals surface area contributed by atoms with Gasteiger partial charge in [-0.3, -0.25) is 14.3 Å². The Kier molecular flexibility index (Phi) is 5.02. The molecule has 0 aliphatic carbocycles. The average Bonchev–Trinajstić information content (AvgIpc) is 2.79. The van der Waals surface area contributed by atoms with Gasteiger partial charge in [0.15, 0.2) is 16.1 Å². The van der Waals surface area contributed by atoms with E-state index in [1.807, 2.05) is 60.7 Å². The van der Waals surface area contributed by atoms with Gasteiger partial charge in [-0.25, -0.2) is 0 Å². The number of halogens is 1. The third-order valence-corrected chi connectivity index (χ3v) is 6.54. The quantitative estimate of drug-likeness (QED) is 0.276. The molecule has 4 nitrogen and oxygen atoms in total. The van der Waals surface area contributed by atoms with Gasteiger partial charge in [-0.2, -0.15) is 4.55 Å². The van der Waals surface area contributed by atoms with Crippen molar-refractivity contribution >= 4 is 44.6 Å². The van der Waals surface area contributed by atoms with Crippen molar-refractivity contribution in [2.24, 2.45) is 0 Å². The maximum absolute atomic E-state index is 13.0. The molecule has 0 saturated carbocycles. The van der Waals surface area contributed by atoms with E-state index in [0.717, 1.165) is 43.5 Å². The van der Waals surface area contributed by atoms with Crippen LogP contribution in [0.3, 0.4) is 0 Å². The third kappa shape index (κ3) is 3.61. The highest BCUT2D eigenvalue weighted by molar-refractivity contribution is 7.90. The molecule has 2 aromatic heterocycles. The largest absolute Gasteiger partial charge is 0.276 e. The molecule has 0 aliphatic heterocycles. The predicted octanol–water partition coefficient (Wildman–Crippen LogP) is 5.94. The topological polar surface area (TPSA) is 55.1 Å². The minimum atomic E-state index is -0.831. The number of hydrogen-bond donors (Lipinski definition) is 1. The molecule has 0 radical (unpaired) electrons. The summed E-state index contributed by atoms with van der Waals surface area (Å²) in [5, 5.41) is 2.46. The molecule has 1 N–H and O–H groups in total. The van der Waals surface area contributed by atoms with Crippen molar-refractivity contribution in [2.75, 3.05) is 6.26 Å². The summed E-state index contributed by atoms with van der Waals surface area (Å²) in [4.78, 5) is 18.4. The molecule has 0 spiro atoms. The van der Waals surface area contributed by atoms with E-state index in [4.69, 9.17) is 11.6 Å². The van der Waals surface area contributed by atoms with Gasteiger partial charge in [0, 0.05) is 33.7 Å². The molecule has 6 heteroatoms. The van der Waals surface area contributed by atoms with Gasteiger partial charge in [0.1, 0.15) is 6.26 Å². The molecular weight excluding hydrogens is 428 g/mol. The summed E-state index contributed by atoms with van der Waals surface area (Å²) in [6.07, 6.45) is 3.54. The number of rotatable bonds is 3. The summed E-state index contributed by atoms with van der Waals surface area (Å²) >= 11 is 5.21. The van der Waals surface area contributed by atoms with Crippen LogP contribution in [0.2, 0.25) is 5.02 Å². The zero-order chi connectivity index (χ0) is 21.5. The van der Waals surface area contributed by atoms with Crippen LogP contribution in [0, 0.1) is 0 Å². The van der Waals surface area contributed by atoms with Crippen molar-refractivity contribution in [3.63, 3.8) is 0 Å². The van der Waals surface area contributed by atoms with E-state index in [-0.39, 0.29) is 5.56 Å². The molecule has 152 valence electrons. The lowest BCUT2D eigenvalue weighted by Gasteiger charge is -2.13. The SMILES string of the molecule is C[S+](O)c1ccc(-n2c(=O)ccc3cnc4ccc(-c5ccc(Cl)cc5)cc4c32)cc1. The van der Waals surface area contributed by atoms with Gasteiger partial charge < -0.3 is 0 Å². The molecule has 0 fully saturated rings. The van der Waals surface area contributed by atoms with Crippen molar-refractivity contribution in [1.29, 1.82) is 0 Å². The minimum absolute atomic E-state index is 0.121. The van der Waals surface area contributed by atoms with E-state index in [9.17, 15) is 9.35 Å². The molecule has 0 aliphatic rings. The Bertz CT molecular complexity index is 1480. The summed E-state index contributed by atoms with van der Waals surface area (Å²) in [5.41, 5.74) is 4.30. The summed E-state index contributed by atoms with van der Waals surface area (Å²) in [7, 11) is 0. The fourth-order valence-electron chi connectivity index (χ4n) is 3.78. The Morgan fingerprint density at radius 2 is 1.61 bits per heavy atom. The lowest BCUT2D eigenvalue weighted by molar-refractivity contribution is 0.644. The summed E-state index contributed by atoms with van der Waals surface area (Å²) < 4.78 is 11.6. The van der Waals surface area contributed by atoms with Crippen molar-refractivity contribution < 1.29 is 4.55 Å². The molecule has 5 rings (SSSR count). The van der Waals surface area contributed by atoms with Gasteiger partial charge in [0.25, 0.3) is 5.56 Å². The second-order valence-corrected chi connectivity index (χ2v) is 9.14. The van der Waals surface area contributed by atoms with Crippen molar-refractivity contribution in [3.8, 4) is 16.8 Å². The number of pyridine rings is 2. The van der Waals surface area contributed by atoms with E-state index >= 15 is 0 Å². The fraction of sp³-hybridized carbons (Fsp3) is 0.0400. The fourth-order valence-corrected chi connectivity index (χ4v) is 4.44. The number of benzene rings is 3. The van der Waals surface area contributed by atoms with Crippen molar-refractivity contribution in [2.45, 2.75) is 4.90 Å². The predicted molar refractivity (Wildman–Crippen MR) is 129 cm³/mol. The first-order valence-corrected chi connectivity index (χ1v) is 11.6. The lowest BCUT2D eigenvalue weighted by atomic mass is 10.0. The minimum Gasteiger partial charge on any atom is -0.276 e. The number of hydrogen-bond acceptors (Lipinski definition) is 3. The first-order valence-electron chi connectivity index (χ1n) is 9.67. The van der Waals surface area contributed by atoms with Crippen LogP contribution in [-0.2, 0) is 11.2 Å². The Balaban J connectivity index is 1.80. The maximum atomic E-state index is 13.0. The number of aromatic nitrogens is 2. The summed E-state index contributed by atoms with van der Waals surface area (Å²) in [6, 6.07) is 24.5. The molecule has 1 atom stereocenters. The molecule has 2 heterocycles. The van der Waals surface area contributed by atoms with Crippen LogP contribution < -0.4 is 5.56 Å². The molecule has 0 bridgehead atoms. The maximum Gasteiger partial charge on any atom is 0.255 e. The zero-order valence-electron chi connectivity index (χ0n) is 16.6. The number of fused-ring (bicyclic) bond motifs is 3. The molecule has 31 heavy (non-hydrogen) atoms. The van der Waals surface area contributed by atoms with Crippen LogP contribution >= 0.6 is 11.6 Å². The average molecular weight is 446 g/mol. The Hall–Kier alpha value is -3.12. The monoisotopic (exact) mass is 445 g/mol. The van der Waals surface area contributed by atoms with Crippen LogP contribution in [0.1, 0.15) is 0 Å². The molecule has 0 amide bonds. The van der Waals surface area contributed by atoms with E-state index in [1.54, 1.807) is 29.2 Å². The van der Waals surface area contributed by atoms with E-state index < -0.39 is 11.2 Å². The molecular formula is C25H18ClN2O2S+. The second kappa shape index (κ2) is 7.85. The molecule has 3 aromatic carbocycles.